The van der Waals surface area contributed by atoms with Gasteiger partial charge in [0, 0.05) is 18.0 Å². The normalized spacial score (nSPS) is 12.2. The smallest absolute Gasteiger partial charge is 0.230 e. The van der Waals surface area contributed by atoms with E-state index >= 15 is 0 Å². The number of amides is 1. The molecule has 1 atom stereocenters. The summed E-state index contributed by atoms with van der Waals surface area (Å²) in [6.45, 7) is 2.33. The van der Waals surface area contributed by atoms with Crippen molar-refractivity contribution in [3.8, 4) is 0 Å². The second kappa shape index (κ2) is 7.61. The number of nitrogens with one attached hydrogen (secondary N) is 1. The molecule has 6 heteroatoms. The Balaban J connectivity index is 2.40. The van der Waals surface area contributed by atoms with Gasteiger partial charge < -0.3 is 10.1 Å². The molecular weight excluding hydrogens is 277 g/mol. The zero-order valence-electron chi connectivity index (χ0n) is 10.2. The number of benzene rings is 1. The van der Waals surface area contributed by atoms with Crippen molar-refractivity contribution in [2.45, 2.75) is 17.9 Å². The first-order valence-corrected chi connectivity index (χ1v) is 6.75. The minimum atomic E-state index is -0.459. The van der Waals surface area contributed by atoms with Gasteiger partial charge in [-0.2, -0.15) is 0 Å². The third-order valence-electron chi connectivity index (χ3n) is 2.09. The second-order valence-electron chi connectivity index (χ2n) is 3.79. The molecular formula is C12H15ClFNO2S. The van der Waals surface area contributed by atoms with Gasteiger partial charge in [-0.25, -0.2) is 4.39 Å². The summed E-state index contributed by atoms with van der Waals surface area (Å²) in [6.07, 6.45) is 0. The topological polar surface area (TPSA) is 38.3 Å². The minimum Gasteiger partial charge on any atom is -0.383 e. The van der Waals surface area contributed by atoms with Gasteiger partial charge in [-0.1, -0.05) is 11.6 Å². The van der Waals surface area contributed by atoms with Crippen molar-refractivity contribution in [2.75, 3.05) is 19.5 Å². The molecule has 1 aromatic carbocycles. The van der Waals surface area contributed by atoms with Gasteiger partial charge in [0.2, 0.25) is 5.91 Å². The number of rotatable bonds is 6. The van der Waals surface area contributed by atoms with Gasteiger partial charge in [0.05, 0.1) is 17.4 Å². The monoisotopic (exact) mass is 291 g/mol. The molecule has 0 aromatic heterocycles. The summed E-state index contributed by atoms with van der Waals surface area (Å²) in [5, 5.41) is 2.85. The van der Waals surface area contributed by atoms with Crippen LogP contribution in [0.2, 0.25) is 5.02 Å². The zero-order valence-corrected chi connectivity index (χ0v) is 11.8. The highest BCUT2D eigenvalue weighted by Gasteiger charge is 2.08. The molecule has 18 heavy (non-hydrogen) atoms. The fourth-order valence-electron chi connectivity index (χ4n) is 1.32. The Labute approximate surface area is 115 Å². The van der Waals surface area contributed by atoms with Crippen molar-refractivity contribution in [1.29, 1.82) is 0 Å². The van der Waals surface area contributed by atoms with Crippen LogP contribution in [0.15, 0.2) is 23.1 Å². The van der Waals surface area contributed by atoms with Gasteiger partial charge in [-0.15, -0.1) is 11.8 Å². The number of carbonyl (C=O) groups is 1. The summed E-state index contributed by atoms with van der Waals surface area (Å²) in [5.74, 6) is -0.292. The molecule has 100 valence electrons. The van der Waals surface area contributed by atoms with E-state index in [1.54, 1.807) is 13.2 Å². The summed E-state index contributed by atoms with van der Waals surface area (Å²) in [4.78, 5) is 12.3. The predicted molar refractivity (Wildman–Crippen MR) is 71.6 cm³/mol. The van der Waals surface area contributed by atoms with Crippen LogP contribution in [-0.2, 0) is 9.53 Å². The van der Waals surface area contributed by atoms with Crippen molar-refractivity contribution in [1.82, 2.24) is 5.32 Å². The third kappa shape index (κ3) is 5.25. The molecule has 0 heterocycles. The van der Waals surface area contributed by atoms with Crippen molar-refractivity contribution in [3.63, 3.8) is 0 Å². The predicted octanol–water partition coefficient (Wildman–Crippen LogP) is 2.72. The number of hydrogen-bond acceptors (Lipinski definition) is 3. The molecule has 0 radical (unpaired) electrons. The number of thioether (sulfide) groups is 1. The highest BCUT2D eigenvalue weighted by Crippen LogP contribution is 2.23. The number of methoxy groups -OCH3 is 1. The van der Waals surface area contributed by atoms with E-state index in [9.17, 15) is 9.18 Å². The molecule has 0 aliphatic heterocycles. The highest BCUT2D eigenvalue weighted by molar-refractivity contribution is 8.00. The molecule has 1 aromatic rings. The number of hydrogen-bond donors (Lipinski definition) is 1. The fourth-order valence-corrected chi connectivity index (χ4v) is 2.32. The molecule has 0 spiro atoms. The minimum absolute atomic E-state index is 0.0279. The van der Waals surface area contributed by atoms with Crippen LogP contribution in [0.25, 0.3) is 0 Å². The van der Waals surface area contributed by atoms with Crippen LogP contribution < -0.4 is 5.32 Å². The van der Waals surface area contributed by atoms with Crippen LogP contribution in [0.5, 0.6) is 0 Å². The van der Waals surface area contributed by atoms with Gasteiger partial charge >= 0.3 is 0 Å². The molecule has 0 fully saturated rings. The van der Waals surface area contributed by atoms with Crippen LogP contribution >= 0.6 is 23.4 Å². The van der Waals surface area contributed by atoms with Gasteiger partial charge in [-0.3, -0.25) is 4.79 Å². The molecule has 1 amide bonds. The molecule has 0 saturated carbocycles. The molecule has 1 unspecified atom stereocenters. The Bertz CT molecular complexity index is 417. The quantitative estimate of drug-likeness (QED) is 0.819. The summed E-state index contributed by atoms with van der Waals surface area (Å²) in [6, 6.07) is 4.36. The van der Waals surface area contributed by atoms with E-state index in [2.05, 4.69) is 5.32 Å². The lowest BCUT2D eigenvalue weighted by atomic mass is 10.3. The van der Waals surface area contributed by atoms with Crippen molar-refractivity contribution in [2.24, 2.45) is 0 Å². The van der Waals surface area contributed by atoms with Crippen molar-refractivity contribution >= 4 is 29.3 Å². The first kappa shape index (κ1) is 15.3. The first-order chi connectivity index (χ1) is 8.52. The Morgan fingerprint density at radius 2 is 2.33 bits per heavy atom. The van der Waals surface area contributed by atoms with Gasteiger partial charge in [0.1, 0.15) is 5.82 Å². The molecule has 3 nitrogen and oxygen atoms in total. The van der Waals surface area contributed by atoms with Crippen molar-refractivity contribution in [3.05, 3.63) is 29.0 Å². The maximum absolute atomic E-state index is 12.9. The standard InChI is InChI=1S/C12H15ClFNO2S/c1-8(6-17-2)15-12(16)7-18-9-3-4-11(14)10(13)5-9/h3-5,8H,6-7H2,1-2H3,(H,15,16). The average molecular weight is 292 g/mol. The van der Waals surface area contributed by atoms with E-state index in [-0.39, 0.29) is 22.7 Å². The first-order valence-electron chi connectivity index (χ1n) is 5.39. The van der Waals surface area contributed by atoms with Crippen LogP contribution in [-0.4, -0.2) is 31.4 Å². The Morgan fingerprint density at radius 3 is 2.94 bits per heavy atom. The van der Waals surface area contributed by atoms with Crippen molar-refractivity contribution < 1.29 is 13.9 Å². The zero-order chi connectivity index (χ0) is 13.5. The Morgan fingerprint density at radius 1 is 1.61 bits per heavy atom. The molecule has 0 aliphatic rings. The Kier molecular flexibility index (Phi) is 6.46. The highest BCUT2D eigenvalue weighted by atomic mass is 35.5. The average Bonchev–Trinajstić information content (AvgIpc) is 2.31. The lowest BCUT2D eigenvalue weighted by Crippen LogP contribution is -2.36. The molecule has 1 N–H and O–H groups in total. The van der Waals surface area contributed by atoms with E-state index in [1.807, 2.05) is 6.92 Å². The summed E-state index contributed by atoms with van der Waals surface area (Å²) < 4.78 is 17.8. The number of ether oxygens (including phenoxy) is 1. The lowest BCUT2D eigenvalue weighted by Gasteiger charge is -2.12. The number of carbonyl (C=O) groups excluding carboxylic acids is 1. The van der Waals surface area contributed by atoms with Gasteiger partial charge in [-0.05, 0) is 25.1 Å². The van der Waals surface area contributed by atoms with E-state index in [0.29, 0.717) is 6.61 Å². The SMILES string of the molecule is COCC(C)NC(=O)CSc1ccc(F)c(Cl)c1. The molecule has 0 saturated heterocycles. The van der Waals surface area contributed by atoms with Gasteiger partial charge in [0.15, 0.2) is 0 Å². The largest absolute Gasteiger partial charge is 0.383 e. The van der Waals surface area contributed by atoms with E-state index < -0.39 is 5.82 Å². The maximum atomic E-state index is 12.9. The van der Waals surface area contributed by atoms with Crippen LogP contribution in [0, 0.1) is 5.82 Å². The summed E-state index contributed by atoms with van der Waals surface area (Å²) >= 11 is 6.96. The summed E-state index contributed by atoms with van der Waals surface area (Å²) in [5.41, 5.74) is 0. The number of halogens is 2. The third-order valence-corrected chi connectivity index (χ3v) is 3.37. The fraction of sp³-hybridized carbons (Fsp3) is 0.417. The maximum Gasteiger partial charge on any atom is 0.230 e. The molecule has 0 aliphatic carbocycles. The summed E-state index contributed by atoms with van der Waals surface area (Å²) in [7, 11) is 1.58. The van der Waals surface area contributed by atoms with E-state index in [1.165, 1.54) is 23.9 Å². The van der Waals surface area contributed by atoms with Crippen LogP contribution in [0.3, 0.4) is 0 Å². The van der Waals surface area contributed by atoms with Gasteiger partial charge in [0.25, 0.3) is 0 Å². The molecule has 0 bridgehead atoms. The lowest BCUT2D eigenvalue weighted by molar-refractivity contribution is -0.119. The van der Waals surface area contributed by atoms with E-state index in [4.69, 9.17) is 16.3 Å². The van der Waals surface area contributed by atoms with Crippen LogP contribution in [0.1, 0.15) is 6.92 Å². The Hall–Kier alpha value is -0.780. The molecule has 1 rings (SSSR count). The van der Waals surface area contributed by atoms with Crippen LogP contribution in [0.4, 0.5) is 4.39 Å². The van der Waals surface area contributed by atoms with E-state index in [0.717, 1.165) is 4.90 Å². The second-order valence-corrected chi connectivity index (χ2v) is 5.24.